The Hall–Kier alpha value is -2.85. The van der Waals surface area contributed by atoms with E-state index in [9.17, 15) is 9.59 Å². The Morgan fingerprint density at radius 1 is 0.640 bits per heavy atom. The summed E-state index contributed by atoms with van der Waals surface area (Å²) in [6.45, 7) is 0.294. The summed E-state index contributed by atoms with van der Waals surface area (Å²) >= 11 is 1.68. The smallest absolute Gasteiger partial charge is 0.261 e. The highest BCUT2D eigenvalue weighted by molar-refractivity contribution is 7.99. The molecule has 0 unspecified atom stereocenters. The first-order chi connectivity index (χ1) is 12.2. The Morgan fingerprint density at radius 3 is 1.76 bits per heavy atom. The summed E-state index contributed by atoms with van der Waals surface area (Å²) in [6, 6.07) is 25.1. The lowest BCUT2D eigenvalue weighted by Crippen LogP contribution is -2.29. The average molecular weight is 345 g/mol. The lowest BCUT2D eigenvalue weighted by atomic mass is 10.1. The van der Waals surface area contributed by atoms with Gasteiger partial charge in [-0.1, -0.05) is 54.2 Å². The van der Waals surface area contributed by atoms with Crippen molar-refractivity contribution >= 4 is 23.6 Å². The SMILES string of the molecule is O=C1c2ccccc2C(=O)N1Cc1ccc(Sc2ccccc2)cc1. The van der Waals surface area contributed by atoms with Crippen molar-refractivity contribution in [1.29, 1.82) is 0 Å². The Labute approximate surface area is 150 Å². The molecule has 0 bridgehead atoms. The molecule has 4 rings (SSSR count). The molecule has 0 aromatic heterocycles. The predicted octanol–water partition coefficient (Wildman–Crippen LogP) is 4.63. The molecule has 4 heteroatoms. The van der Waals surface area contributed by atoms with E-state index in [-0.39, 0.29) is 11.8 Å². The van der Waals surface area contributed by atoms with Crippen molar-refractivity contribution in [2.24, 2.45) is 0 Å². The van der Waals surface area contributed by atoms with E-state index in [0.29, 0.717) is 17.7 Å². The zero-order chi connectivity index (χ0) is 17.2. The van der Waals surface area contributed by atoms with Gasteiger partial charge in [0, 0.05) is 9.79 Å². The Bertz CT molecular complexity index is 901. The largest absolute Gasteiger partial charge is 0.270 e. The van der Waals surface area contributed by atoms with Crippen LogP contribution in [0.2, 0.25) is 0 Å². The third kappa shape index (κ3) is 3.08. The lowest BCUT2D eigenvalue weighted by Gasteiger charge is -2.14. The standard InChI is InChI=1S/C21H15NO2S/c23-20-18-8-4-5-9-19(18)21(24)22(20)14-15-10-12-17(13-11-15)25-16-6-2-1-3-7-16/h1-13H,14H2. The second-order valence-electron chi connectivity index (χ2n) is 5.80. The van der Waals surface area contributed by atoms with Gasteiger partial charge in [0.25, 0.3) is 11.8 Å². The van der Waals surface area contributed by atoms with E-state index in [2.05, 4.69) is 12.1 Å². The number of fused-ring (bicyclic) bond motifs is 1. The Balaban J connectivity index is 1.49. The maximum absolute atomic E-state index is 12.4. The van der Waals surface area contributed by atoms with E-state index in [1.54, 1.807) is 36.0 Å². The van der Waals surface area contributed by atoms with Crippen LogP contribution in [-0.2, 0) is 6.54 Å². The molecule has 0 saturated carbocycles. The molecule has 3 aromatic carbocycles. The van der Waals surface area contributed by atoms with Gasteiger partial charge in [-0.25, -0.2) is 0 Å². The molecule has 0 atom stereocenters. The van der Waals surface area contributed by atoms with Crippen LogP contribution in [0, 0.1) is 0 Å². The maximum Gasteiger partial charge on any atom is 0.261 e. The number of amides is 2. The van der Waals surface area contributed by atoms with E-state index in [1.807, 2.05) is 42.5 Å². The fourth-order valence-corrected chi connectivity index (χ4v) is 3.69. The molecule has 122 valence electrons. The molecule has 0 fully saturated rings. The number of hydrogen-bond acceptors (Lipinski definition) is 3. The van der Waals surface area contributed by atoms with Crippen molar-refractivity contribution < 1.29 is 9.59 Å². The van der Waals surface area contributed by atoms with Crippen molar-refractivity contribution in [2.75, 3.05) is 0 Å². The van der Waals surface area contributed by atoms with Crippen LogP contribution in [0.4, 0.5) is 0 Å². The first-order valence-electron chi connectivity index (χ1n) is 7.99. The number of rotatable bonds is 4. The predicted molar refractivity (Wildman–Crippen MR) is 97.7 cm³/mol. The minimum atomic E-state index is -0.219. The fraction of sp³-hybridized carbons (Fsp3) is 0.0476. The molecule has 0 spiro atoms. The van der Waals surface area contributed by atoms with Crippen LogP contribution in [0.1, 0.15) is 26.3 Å². The molecular formula is C21H15NO2S. The van der Waals surface area contributed by atoms with Crippen molar-refractivity contribution in [3.05, 3.63) is 95.6 Å². The van der Waals surface area contributed by atoms with E-state index in [4.69, 9.17) is 0 Å². The van der Waals surface area contributed by atoms with Crippen molar-refractivity contribution in [2.45, 2.75) is 16.3 Å². The molecule has 25 heavy (non-hydrogen) atoms. The summed E-state index contributed by atoms with van der Waals surface area (Å²) in [5.74, 6) is -0.438. The minimum absolute atomic E-state index is 0.219. The highest BCUT2D eigenvalue weighted by Crippen LogP contribution is 2.28. The molecule has 0 N–H and O–H groups in total. The highest BCUT2D eigenvalue weighted by atomic mass is 32.2. The van der Waals surface area contributed by atoms with Crippen LogP contribution in [0.25, 0.3) is 0 Å². The molecule has 3 nitrogen and oxygen atoms in total. The van der Waals surface area contributed by atoms with E-state index < -0.39 is 0 Å². The molecule has 3 aromatic rings. The first-order valence-corrected chi connectivity index (χ1v) is 8.81. The number of imide groups is 1. The summed E-state index contributed by atoms with van der Waals surface area (Å²) in [4.78, 5) is 28.4. The van der Waals surface area contributed by atoms with E-state index in [0.717, 1.165) is 10.5 Å². The van der Waals surface area contributed by atoms with E-state index >= 15 is 0 Å². The topological polar surface area (TPSA) is 37.4 Å². The molecule has 0 saturated heterocycles. The monoisotopic (exact) mass is 345 g/mol. The lowest BCUT2D eigenvalue weighted by molar-refractivity contribution is 0.0642. The summed E-state index contributed by atoms with van der Waals surface area (Å²) < 4.78 is 0. The second kappa shape index (κ2) is 6.57. The molecular weight excluding hydrogens is 330 g/mol. The first kappa shape index (κ1) is 15.7. The normalized spacial score (nSPS) is 13.2. The van der Waals surface area contributed by atoms with Crippen LogP contribution in [0.5, 0.6) is 0 Å². The van der Waals surface area contributed by atoms with Gasteiger partial charge in [0.1, 0.15) is 0 Å². The van der Waals surface area contributed by atoms with Crippen LogP contribution in [-0.4, -0.2) is 16.7 Å². The van der Waals surface area contributed by atoms with E-state index in [1.165, 1.54) is 9.80 Å². The maximum atomic E-state index is 12.4. The Morgan fingerprint density at radius 2 is 1.16 bits per heavy atom. The van der Waals surface area contributed by atoms with Crippen molar-refractivity contribution in [3.8, 4) is 0 Å². The second-order valence-corrected chi connectivity index (χ2v) is 6.95. The molecule has 1 heterocycles. The summed E-state index contributed by atoms with van der Waals surface area (Å²) in [5.41, 5.74) is 1.92. The zero-order valence-electron chi connectivity index (χ0n) is 13.4. The quantitative estimate of drug-likeness (QED) is 0.647. The van der Waals surface area contributed by atoms with Crippen LogP contribution in [0.3, 0.4) is 0 Å². The zero-order valence-corrected chi connectivity index (χ0v) is 14.2. The summed E-state index contributed by atoms with van der Waals surface area (Å²) in [7, 11) is 0. The Kier molecular flexibility index (Phi) is 4.12. The third-order valence-electron chi connectivity index (χ3n) is 4.12. The van der Waals surface area contributed by atoms with Crippen LogP contribution in [0.15, 0.2) is 88.7 Å². The molecule has 2 amide bonds. The van der Waals surface area contributed by atoms with Gasteiger partial charge in [0.2, 0.25) is 0 Å². The number of benzene rings is 3. The number of carbonyl (C=O) groups is 2. The van der Waals surface area contributed by atoms with Crippen LogP contribution >= 0.6 is 11.8 Å². The number of nitrogens with zero attached hydrogens (tertiary/aromatic N) is 1. The van der Waals surface area contributed by atoms with Gasteiger partial charge >= 0.3 is 0 Å². The summed E-state index contributed by atoms with van der Waals surface area (Å²) in [6.07, 6.45) is 0. The highest BCUT2D eigenvalue weighted by Gasteiger charge is 2.34. The van der Waals surface area contributed by atoms with Gasteiger partial charge in [-0.15, -0.1) is 0 Å². The fourth-order valence-electron chi connectivity index (χ4n) is 2.85. The third-order valence-corrected chi connectivity index (χ3v) is 5.14. The molecule has 1 aliphatic rings. The number of hydrogen-bond donors (Lipinski definition) is 0. The van der Waals surface area contributed by atoms with Gasteiger partial charge in [-0.05, 0) is 42.0 Å². The molecule has 0 aliphatic carbocycles. The van der Waals surface area contributed by atoms with Gasteiger partial charge in [-0.3, -0.25) is 14.5 Å². The summed E-state index contributed by atoms with van der Waals surface area (Å²) in [5, 5.41) is 0. The van der Waals surface area contributed by atoms with Crippen molar-refractivity contribution in [3.63, 3.8) is 0 Å². The van der Waals surface area contributed by atoms with Gasteiger partial charge in [0.05, 0.1) is 17.7 Å². The van der Waals surface area contributed by atoms with Gasteiger partial charge in [-0.2, -0.15) is 0 Å². The average Bonchev–Trinajstić information content (AvgIpc) is 2.89. The van der Waals surface area contributed by atoms with Gasteiger partial charge < -0.3 is 0 Å². The van der Waals surface area contributed by atoms with Crippen molar-refractivity contribution in [1.82, 2.24) is 4.90 Å². The minimum Gasteiger partial charge on any atom is -0.270 e. The molecule has 0 radical (unpaired) electrons. The number of carbonyl (C=O) groups excluding carboxylic acids is 2. The van der Waals surface area contributed by atoms with Gasteiger partial charge in [0.15, 0.2) is 0 Å². The molecule has 1 aliphatic heterocycles. The van der Waals surface area contributed by atoms with Crippen LogP contribution < -0.4 is 0 Å².